The summed E-state index contributed by atoms with van der Waals surface area (Å²) in [4.78, 5) is 17.7. The number of likely N-dealkylation sites (N-methyl/N-ethyl adjacent to an activating group) is 1. The van der Waals surface area contributed by atoms with E-state index in [1.807, 2.05) is 49.4 Å². The molecule has 1 amide bonds. The Labute approximate surface area is 190 Å². The minimum Gasteiger partial charge on any atom is -0.492 e. The van der Waals surface area contributed by atoms with E-state index in [0.717, 1.165) is 18.7 Å². The molecular formula is C22H31IN4O2. The van der Waals surface area contributed by atoms with E-state index in [0.29, 0.717) is 19.1 Å². The zero-order valence-electron chi connectivity index (χ0n) is 17.4. The SMILES string of the molecule is Cc1ccc(OCCNC(=NCC(=O)N(C)C)NCCc2ccccc2)cc1.I. The predicted octanol–water partition coefficient (Wildman–Crippen LogP) is 2.86. The average Bonchev–Trinajstić information content (AvgIpc) is 2.70. The number of halogens is 1. The number of carbonyl (C=O) groups excluding carboxylic acids is 1. The lowest BCUT2D eigenvalue weighted by Gasteiger charge is -2.14. The maximum atomic E-state index is 11.8. The summed E-state index contributed by atoms with van der Waals surface area (Å²) in [7, 11) is 3.45. The molecule has 0 heterocycles. The van der Waals surface area contributed by atoms with Gasteiger partial charge in [0.05, 0.1) is 6.54 Å². The van der Waals surface area contributed by atoms with Gasteiger partial charge in [-0.1, -0.05) is 48.0 Å². The van der Waals surface area contributed by atoms with Gasteiger partial charge in [-0.15, -0.1) is 24.0 Å². The molecule has 0 radical (unpaired) electrons. The smallest absolute Gasteiger partial charge is 0.243 e. The molecule has 7 heteroatoms. The number of hydrogen-bond acceptors (Lipinski definition) is 3. The second kappa shape index (κ2) is 13.8. The highest BCUT2D eigenvalue weighted by Crippen LogP contribution is 2.10. The Balaban J connectivity index is 0.00000420. The first kappa shape index (κ1) is 24.7. The van der Waals surface area contributed by atoms with Gasteiger partial charge in [0.15, 0.2) is 5.96 Å². The summed E-state index contributed by atoms with van der Waals surface area (Å²) in [6.45, 7) is 3.97. The Morgan fingerprint density at radius 2 is 1.66 bits per heavy atom. The Kier molecular flexibility index (Phi) is 11.8. The summed E-state index contributed by atoms with van der Waals surface area (Å²) >= 11 is 0. The standard InChI is InChI=1S/C22H30N4O2.HI/c1-18-9-11-20(12-10-18)28-16-15-24-22(25-17-21(27)26(2)3)23-14-13-19-7-5-4-6-8-19;/h4-12H,13-17H2,1-3H3,(H2,23,24,25);1H. The van der Waals surface area contributed by atoms with Gasteiger partial charge in [-0.25, -0.2) is 4.99 Å². The molecule has 158 valence electrons. The predicted molar refractivity (Wildman–Crippen MR) is 129 cm³/mol. The van der Waals surface area contributed by atoms with Crippen LogP contribution in [0.4, 0.5) is 0 Å². The molecule has 0 atom stereocenters. The number of aryl methyl sites for hydroxylation is 1. The van der Waals surface area contributed by atoms with Crippen LogP contribution in [-0.2, 0) is 11.2 Å². The summed E-state index contributed by atoms with van der Waals surface area (Å²) in [5.74, 6) is 1.41. The maximum absolute atomic E-state index is 11.8. The molecule has 0 aromatic heterocycles. The van der Waals surface area contributed by atoms with Gasteiger partial charge < -0.3 is 20.3 Å². The summed E-state index contributed by atoms with van der Waals surface area (Å²) in [6, 6.07) is 18.2. The number of benzene rings is 2. The summed E-state index contributed by atoms with van der Waals surface area (Å²) in [5.41, 5.74) is 2.45. The summed E-state index contributed by atoms with van der Waals surface area (Å²) < 4.78 is 5.73. The van der Waals surface area contributed by atoms with Crippen molar-refractivity contribution in [1.82, 2.24) is 15.5 Å². The van der Waals surface area contributed by atoms with Crippen LogP contribution in [0, 0.1) is 6.92 Å². The minimum atomic E-state index is -0.0416. The molecule has 2 rings (SSSR count). The first-order valence-corrected chi connectivity index (χ1v) is 9.50. The van der Waals surface area contributed by atoms with Gasteiger partial charge >= 0.3 is 0 Å². The zero-order chi connectivity index (χ0) is 20.2. The largest absolute Gasteiger partial charge is 0.492 e. The third kappa shape index (κ3) is 10.2. The Morgan fingerprint density at radius 1 is 1.00 bits per heavy atom. The van der Waals surface area contributed by atoms with E-state index in [4.69, 9.17) is 4.74 Å². The zero-order valence-corrected chi connectivity index (χ0v) is 19.7. The minimum absolute atomic E-state index is 0. The van der Waals surface area contributed by atoms with Crippen molar-refractivity contribution in [3.8, 4) is 5.75 Å². The second-order valence-electron chi connectivity index (χ2n) is 6.70. The van der Waals surface area contributed by atoms with Crippen LogP contribution >= 0.6 is 24.0 Å². The van der Waals surface area contributed by atoms with Crippen molar-refractivity contribution in [3.05, 3.63) is 65.7 Å². The van der Waals surface area contributed by atoms with E-state index in [1.165, 1.54) is 16.0 Å². The molecule has 0 spiro atoms. The van der Waals surface area contributed by atoms with Crippen molar-refractivity contribution in [1.29, 1.82) is 0 Å². The molecule has 29 heavy (non-hydrogen) atoms. The van der Waals surface area contributed by atoms with Crippen molar-refractivity contribution in [2.45, 2.75) is 13.3 Å². The molecule has 6 nitrogen and oxygen atoms in total. The maximum Gasteiger partial charge on any atom is 0.243 e. The Morgan fingerprint density at radius 3 is 2.31 bits per heavy atom. The molecule has 0 unspecified atom stereocenters. The highest BCUT2D eigenvalue weighted by molar-refractivity contribution is 14.0. The third-order valence-electron chi connectivity index (χ3n) is 4.10. The number of guanidine groups is 1. The first-order chi connectivity index (χ1) is 13.5. The van der Waals surface area contributed by atoms with Crippen LogP contribution in [0.2, 0.25) is 0 Å². The second-order valence-corrected chi connectivity index (χ2v) is 6.70. The Hall–Kier alpha value is -2.29. The van der Waals surface area contributed by atoms with Crippen LogP contribution in [0.1, 0.15) is 11.1 Å². The lowest BCUT2D eigenvalue weighted by molar-refractivity contribution is -0.127. The highest BCUT2D eigenvalue weighted by Gasteiger charge is 2.05. The number of nitrogens with zero attached hydrogens (tertiary/aromatic N) is 2. The fourth-order valence-electron chi connectivity index (χ4n) is 2.41. The number of ether oxygens (including phenoxy) is 1. The number of rotatable bonds is 9. The number of carbonyl (C=O) groups is 1. The van der Waals surface area contributed by atoms with E-state index in [1.54, 1.807) is 14.1 Å². The van der Waals surface area contributed by atoms with Gasteiger partial charge in [-0.3, -0.25) is 4.79 Å². The number of hydrogen-bond donors (Lipinski definition) is 2. The Bertz CT molecular complexity index is 749. The molecule has 2 aromatic rings. The lowest BCUT2D eigenvalue weighted by atomic mass is 10.1. The molecule has 2 aromatic carbocycles. The van der Waals surface area contributed by atoms with E-state index >= 15 is 0 Å². The number of amides is 1. The molecule has 0 fully saturated rings. The molecule has 2 N–H and O–H groups in total. The quantitative estimate of drug-likeness (QED) is 0.236. The molecular weight excluding hydrogens is 479 g/mol. The van der Waals surface area contributed by atoms with Crippen molar-refractivity contribution < 1.29 is 9.53 Å². The van der Waals surface area contributed by atoms with Crippen LogP contribution in [0.5, 0.6) is 5.75 Å². The van der Waals surface area contributed by atoms with Crippen molar-refractivity contribution in [2.75, 3.05) is 40.3 Å². The molecule has 0 aliphatic heterocycles. The van der Waals surface area contributed by atoms with Crippen molar-refractivity contribution in [2.24, 2.45) is 4.99 Å². The van der Waals surface area contributed by atoms with Gasteiger partial charge in [0.25, 0.3) is 0 Å². The molecule has 0 aliphatic carbocycles. The van der Waals surface area contributed by atoms with Gasteiger partial charge in [0.1, 0.15) is 18.9 Å². The van der Waals surface area contributed by atoms with E-state index in [2.05, 4.69) is 27.8 Å². The van der Waals surface area contributed by atoms with Crippen molar-refractivity contribution in [3.63, 3.8) is 0 Å². The fourth-order valence-corrected chi connectivity index (χ4v) is 2.41. The van der Waals surface area contributed by atoms with E-state index < -0.39 is 0 Å². The van der Waals surface area contributed by atoms with E-state index in [-0.39, 0.29) is 36.4 Å². The summed E-state index contributed by atoms with van der Waals surface area (Å²) in [6.07, 6.45) is 0.878. The van der Waals surface area contributed by atoms with Gasteiger partial charge in [0.2, 0.25) is 5.91 Å². The summed E-state index contributed by atoms with van der Waals surface area (Å²) in [5, 5.41) is 6.51. The van der Waals surface area contributed by atoms with Gasteiger partial charge in [-0.2, -0.15) is 0 Å². The topological polar surface area (TPSA) is 66.0 Å². The van der Waals surface area contributed by atoms with Gasteiger partial charge in [0, 0.05) is 20.6 Å². The van der Waals surface area contributed by atoms with Crippen LogP contribution < -0.4 is 15.4 Å². The van der Waals surface area contributed by atoms with Crippen LogP contribution in [0.3, 0.4) is 0 Å². The number of nitrogens with one attached hydrogen (secondary N) is 2. The monoisotopic (exact) mass is 510 g/mol. The van der Waals surface area contributed by atoms with Gasteiger partial charge in [-0.05, 0) is 31.0 Å². The lowest BCUT2D eigenvalue weighted by Crippen LogP contribution is -2.41. The normalized spacial score (nSPS) is 10.7. The molecule has 0 saturated heterocycles. The van der Waals surface area contributed by atoms with Crippen LogP contribution in [0.15, 0.2) is 59.6 Å². The fraction of sp³-hybridized carbons (Fsp3) is 0.364. The van der Waals surface area contributed by atoms with Crippen molar-refractivity contribution >= 4 is 35.8 Å². The third-order valence-corrected chi connectivity index (χ3v) is 4.10. The van der Waals surface area contributed by atoms with Crippen LogP contribution in [0.25, 0.3) is 0 Å². The first-order valence-electron chi connectivity index (χ1n) is 9.50. The van der Waals surface area contributed by atoms with Crippen LogP contribution in [-0.4, -0.2) is 57.1 Å². The number of aliphatic imine (C=N–C) groups is 1. The molecule has 0 saturated carbocycles. The average molecular weight is 510 g/mol. The molecule has 0 aliphatic rings. The molecule has 0 bridgehead atoms. The highest BCUT2D eigenvalue weighted by atomic mass is 127. The van der Waals surface area contributed by atoms with E-state index in [9.17, 15) is 4.79 Å².